The highest BCUT2D eigenvalue weighted by Crippen LogP contribution is 2.20. The SMILES string of the molecule is Cl.NC(=O)C1=C(N)C(=NCCCOc2cccc(CNC3CC3)c2)NS1(=O)=O. The van der Waals surface area contributed by atoms with Crippen LogP contribution in [0.4, 0.5) is 0 Å². The van der Waals surface area contributed by atoms with Crippen LogP contribution in [0.15, 0.2) is 39.9 Å². The number of amidine groups is 1. The zero-order chi connectivity index (χ0) is 19.4. The van der Waals surface area contributed by atoms with Crippen LogP contribution in [-0.4, -0.2) is 39.4 Å². The highest BCUT2D eigenvalue weighted by molar-refractivity contribution is 7.95. The number of rotatable bonds is 9. The molecule has 154 valence electrons. The fourth-order valence-corrected chi connectivity index (χ4v) is 3.79. The fraction of sp³-hybridized carbons (Fsp3) is 0.412. The van der Waals surface area contributed by atoms with Gasteiger partial charge in [0.15, 0.2) is 10.7 Å². The number of aliphatic imine (C=N–C) groups is 1. The topological polar surface area (TPSA) is 149 Å². The lowest BCUT2D eigenvalue weighted by Crippen LogP contribution is -2.27. The van der Waals surface area contributed by atoms with E-state index in [-0.39, 0.29) is 30.5 Å². The third kappa shape index (κ3) is 5.60. The minimum Gasteiger partial charge on any atom is -0.494 e. The molecule has 9 nitrogen and oxygen atoms in total. The molecule has 6 N–H and O–H groups in total. The first-order valence-corrected chi connectivity index (χ1v) is 10.2. The van der Waals surface area contributed by atoms with Gasteiger partial charge in [-0.25, -0.2) is 8.42 Å². The van der Waals surface area contributed by atoms with E-state index < -0.39 is 20.8 Å². The van der Waals surface area contributed by atoms with Crippen molar-refractivity contribution in [3.63, 3.8) is 0 Å². The number of hydrogen-bond donors (Lipinski definition) is 4. The molecule has 1 aromatic carbocycles. The molecule has 1 aromatic rings. The van der Waals surface area contributed by atoms with Crippen molar-refractivity contribution in [1.82, 2.24) is 10.0 Å². The van der Waals surface area contributed by atoms with Crippen molar-refractivity contribution in [1.29, 1.82) is 0 Å². The Bertz CT molecular complexity index is 897. The average Bonchev–Trinajstić information content (AvgIpc) is 3.39. The first-order chi connectivity index (χ1) is 12.9. The number of halogens is 1. The second-order valence-corrected chi connectivity index (χ2v) is 8.07. The van der Waals surface area contributed by atoms with Gasteiger partial charge in [0, 0.05) is 25.6 Å². The van der Waals surface area contributed by atoms with E-state index >= 15 is 0 Å². The normalized spacial score (nSPS) is 19.2. The summed E-state index contributed by atoms with van der Waals surface area (Å²) in [5.74, 6) is -0.392. The molecule has 1 saturated carbocycles. The summed E-state index contributed by atoms with van der Waals surface area (Å²) in [6.45, 7) is 1.52. The number of amides is 1. The van der Waals surface area contributed by atoms with Crippen LogP contribution in [0.1, 0.15) is 24.8 Å². The maximum absolute atomic E-state index is 11.8. The number of ether oxygens (including phenoxy) is 1. The summed E-state index contributed by atoms with van der Waals surface area (Å²) >= 11 is 0. The molecule has 0 bridgehead atoms. The third-order valence-corrected chi connectivity index (χ3v) is 5.56. The van der Waals surface area contributed by atoms with Crippen molar-refractivity contribution in [3.05, 3.63) is 40.4 Å². The summed E-state index contributed by atoms with van der Waals surface area (Å²) in [5, 5.41) is 3.45. The minimum atomic E-state index is -4.02. The Labute approximate surface area is 170 Å². The standard InChI is InChI=1S/C17H23N5O4S.ClH/c18-14-15(16(19)23)27(24,25)22-17(14)20-7-2-8-26-13-4-1-3-11(9-13)10-21-12-5-6-12;/h1,3-4,9,12,21H,2,5-8,10,18H2,(H2,19,23)(H,20,22);1H. The van der Waals surface area contributed by atoms with E-state index in [0.29, 0.717) is 19.1 Å². The van der Waals surface area contributed by atoms with Crippen molar-refractivity contribution in [2.24, 2.45) is 16.5 Å². The van der Waals surface area contributed by atoms with Gasteiger partial charge in [-0.05, 0) is 30.5 Å². The summed E-state index contributed by atoms with van der Waals surface area (Å²) in [5.41, 5.74) is 11.6. The Kier molecular flexibility index (Phi) is 7.28. The second-order valence-electron chi connectivity index (χ2n) is 6.45. The van der Waals surface area contributed by atoms with Gasteiger partial charge < -0.3 is 21.5 Å². The molecule has 1 heterocycles. The Morgan fingerprint density at radius 2 is 2.11 bits per heavy atom. The number of carbonyl (C=O) groups excluding carboxylic acids is 1. The zero-order valence-corrected chi connectivity index (χ0v) is 16.8. The van der Waals surface area contributed by atoms with Crippen molar-refractivity contribution in [3.8, 4) is 5.75 Å². The van der Waals surface area contributed by atoms with E-state index in [1.165, 1.54) is 12.8 Å². The van der Waals surface area contributed by atoms with E-state index in [0.717, 1.165) is 17.9 Å². The van der Waals surface area contributed by atoms with E-state index in [9.17, 15) is 13.2 Å². The van der Waals surface area contributed by atoms with Crippen LogP contribution >= 0.6 is 12.4 Å². The molecule has 1 aliphatic carbocycles. The first-order valence-electron chi connectivity index (χ1n) is 8.69. The van der Waals surface area contributed by atoms with Crippen LogP contribution in [-0.2, 0) is 21.4 Å². The number of nitrogens with zero attached hydrogens (tertiary/aromatic N) is 1. The second kappa shape index (κ2) is 9.26. The Balaban J connectivity index is 0.00000280. The van der Waals surface area contributed by atoms with Gasteiger partial charge in [0.05, 0.1) is 6.61 Å². The van der Waals surface area contributed by atoms with Gasteiger partial charge in [-0.1, -0.05) is 12.1 Å². The lowest BCUT2D eigenvalue weighted by molar-refractivity contribution is -0.113. The molecular weight excluding hydrogens is 406 g/mol. The number of nitrogens with two attached hydrogens (primary N) is 2. The van der Waals surface area contributed by atoms with Gasteiger partial charge >= 0.3 is 0 Å². The monoisotopic (exact) mass is 429 g/mol. The lowest BCUT2D eigenvalue weighted by Gasteiger charge is -2.08. The summed E-state index contributed by atoms with van der Waals surface area (Å²) in [4.78, 5) is 14.6. The Morgan fingerprint density at radius 1 is 1.36 bits per heavy atom. The van der Waals surface area contributed by atoms with Gasteiger partial charge in [0.25, 0.3) is 15.9 Å². The number of nitrogens with one attached hydrogen (secondary N) is 2. The van der Waals surface area contributed by atoms with Crippen LogP contribution in [0, 0.1) is 0 Å². The summed E-state index contributed by atoms with van der Waals surface area (Å²) < 4.78 is 31.4. The van der Waals surface area contributed by atoms with Crippen LogP contribution in [0.5, 0.6) is 5.75 Å². The van der Waals surface area contributed by atoms with E-state index in [4.69, 9.17) is 16.2 Å². The van der Waals surface area contributed by atoms with Crippen LogP contribution in [0.3, 0.4) is 0 Å². The average molecular weight is 430 g/mol. The molecule has 1 fully saturated rings. The maximum Gasteiger partial charge on any atom is 0.270 e. The zero-order valence-electron chi connectivity index (χ0n) is 15.2. The molecule has 0 aromatic heterocycles. The number of benzene rings is 1. The summed E-state index contributed by atoms with van der Waals surface area (Å²) in [6.07, 6.45) is 3.04. The molecule has 28 heavy (non-hydrogen) atoms. The molecule has 0 spiro atoms. The van der Waals surface area contributed by atoms with Crippen LogP contribution < -0.4 is 26.2 Å². The summed E-state index contributed by atoms with van der Waals surface area (Å²) in [6, 6.07) is 8.53. The van der Waals surface area contributed by atoms with Crippen molar-refractivity contribution in [2.45, 2.75) is 31.8 Å². The molecule has 0 atom stereocenters. The predicted octanol–water partition coefficient (Wildman–Crippen LogP) is 0.116. The molecule has 0 radical (unpaired) electrons. The molecule has 2 aliphatic rings. The van der Waals surface area contributed by atoms with Crippen molar-refractivity contribution < 1.29 is 17.9 Å². The van der Waals surface area contributed by atoms with Crippen LogP contribution in [0.25, 0.3) is 0 Å². The predicted molar refractivity (Wildman–Crippen MR) is 108 cm³/mol. The number of hydrogen-bond acceptors (Lipinski definition) is 7. The van der Waals surface area contributed by atoms with Gasteiger partial charge in [-0.15, -0.1) is 12.4 Å². The molecule has 0 saturated heterocycles. The van der Waals surface area contributed by atoms with E-state index in [1.807, 2.05) is 24.3 Å². The van der Waals surface area contributed by atoms with E-state index in [2.05, 4.69) is 15.0 Å². The maximum atomic E-state index is 11.8. The minimum absolute atomic E-state index is 0. The Hall–Kier alpha value is -2.30. The van der Waals surface area contributed by atoms with Gasteiger partial charge in [-0.3, -0.25) is 14.5 Å². The highest BCUT2D eigenvalue weighted by atomic mass is 35.5. The van der Waals surface area contributed by atoms with Gasteiger partial charge in [0.1, 0.15) is 11.4 Å². The van der Waals surface area contributed by atoms with Crippen LogP contribution in [0.2, 0.25) is 0 Å². The van der Waals surface area contributed by atoms with E-state index in [1.54, 1.807) is 0 Å². The quantitative estimate of drug-likeness (QED) is 0.409. The number of carbonyl (C=O) groups is 1. The van der Waals surface area contributed by atoms with Gasteiger partial charge in [-0.2, -0.15) is 0 Å². The molecule has 1 amide bonds. The largest absolute Gasteiger partial charge is 0.494 e. The number of primary amides is 1. The van der Waals surface area contributed by atoms with Crippen molar-refractivity contribution >= 4 is 34.2 Å². The Morgan fingerprint density at radius 3 is 2.75 bits per heavy atom. The molecular formula is C17H24ClN5O4S. The van der Waals surface area contributed by atoms with Crippen molar-refractivity contribution in [2.75, 3.05) is 13.2 Å². The first kappa shape index (κ1) is 22.0. The number of sulfonamides is 1. The molecule has 11 heteroatoms. The fourth-order valence-electron chi connectivity index (χ4n) is 2.61. The highest BCUT2D eigenvalue weighted by Gasteiger charge is 2.36. The molecule has 0 unspecified atom stereocenters. The molecule has 1 aliphatic heterocycles. The third-order valence-electron chi connectivity index (χ3n) is 4.14. The molecule has 3 rings (SSSR count). The smallest absolute Gasteiger partial charge is 0.270 e. The summed E-state index contributed by atoms with van der Waals surface area (Å²) in [7, 11) is -4.02. The lowest BCUT2D eigenvalue weighted by atomic mass is 10.2. The van der Waals surface area contributed by atoms with Gasteiger partial charge in [0.2, 0.25) is 0 Å².